The van der Waals surface area contributed by atoms with E-state index in [-0.39, 0.29) is 41.9 Å². The molecule has 2 aliphatic carbocycles. The van der Waals surface area contributed by atoms with Crippen LogP contribution in [0.2, 0.25) is 0 Å². The van der Waals surface area contributed by atoms with Crippen molar-refractivity contribution in [1.82, 2.24) is 4.90 Å². The maximum absolute atomic E-state index is 13.4. The number of aryl methyl sites for hydroxylation is 2. The lowest BCUT2D eigenvalue weighted by Crippen LogP contribution is -2.48. The van der Waals surface area contributed by atoms with Gasteiger partial charge >= 0.3 is 5.97 Å². The Hall–Kier alpha value is -3.48. The van der Waals surface area contributed by atoms with Gasteiger partial charge in [-0.2, -0.15) is 0 Å². The Balaban J connectivity index is 1.31. The number of nitrogens with one attached hydrogen (secondary N) is 1. The maximum Gasteiger partial charge on any atom is 0.330 e. The summed E-state index contributed by atoms with van der Waals surface area (Å²) in [5.41, 5.74) is 3.44. The molecule has 0 spiro atoms. The highest BCUT2D eigenvalue weighted by Gasteiger charge is 2.62. The number of likely N-dealkylation sites (tertiary alicyclic amines) is 1. The first kappa shape index (κ1) is 23.3. The molecule has 2 aromatic carbocycles. The van der Waals surface area contributed by atoms with E-state index in [2.05, 4.69) is 5.32 Å². The van der Waals surface area contributed by atoms with Crippen LogP contribution < -0.4 is 5.32 Å². The van der Waals surface area contributed by atoms with E-state index in [1.807, 2.05) is 56.3 Å². The summed E-state index contributed by atoms with van der Waals surface area (Å²) in [6, 6.07) is 13.8. The van der Waals surface area contributed by atoms with E-state index >= 15 is 0 Å². The Bertz CT molecular complexity index is 1150. The third-order valence-electron chi connectivity index (χ3n) is 7.82. The average Bonchev–Trinajstić information content (AvgIpc) is 3.52. The number of rotatable bonds is 7. The lowest BCUT2D eigenvalue weighted by atomic mass is 9.81. The van der Waals surface area contributed by atoms with E-state index in [1.165, 1.54) is 0 Å². The van der Waals surface area contributed by atoms with Crippen molar-refractivity contribution in [3.05, 3.63) is 65.2 Å². The number of anilines is 1. The molecule has 1 N–H and O–H groups in total. The predicted molar refractivity (Wildman–Crippen MR) is 129 cm³/mol. The average molecular weight is 475 g/mol. The second kappa shape index (κ2) is 9.29. The highest BCUT2D eigenvalue weighted by atomic mass is 16.5. The number of esters is 1. The second-order valence-electron chi connectivity index (χ2n) is 10.1. The monoisotopic (exact) mass is 474 g/mol. The van der Waals surface area contributed by atoms with Crippen molar-refractivity contribution in [2.75, 3.05) is 11.9 Å². The van der Waals surface area contributed by atoms with Gasteiger partial charge in [0.15, 0.2) is 6.61 Å². The summed E-state index contributed by atoms with van der Waals surface area (Å²) < 4.78 is 5.38. The zero-order valence-corrected chi connectivity index (χ0v) is 20.0. The molecule has 0 radical (unpaired) electrons. The van der Waals surface area contributed by atoms with Crippen LogP contribution in [0.4, 0.5) is 5.69 Å². The SMILES string of the molecule is Cc1ccc(NC(=O)COC(=O)[C@@H](Cc2ccccc2)N2C(=O)[C@@H]3[C@H]4CC[C@@H](C4)[C@@H]3C2=O)c(C)c1. The molecule has 0 aromatic heterocycles. The van der Waals surface area contributed by atoms with Gasteiger partial charge in [-0.1, -0.05) is 48.0 Å². The molecular formula is C28H30N2O5. The molecule has 2 bridgehead atoms. The molecule has 7 nitrogen and oxygen atoms in total. The number of carbonyl (C=O) groups excluding carboxylic acids is 4. The number of hydrogen-bond acceptors (Lipinski definition) is 5. The van der Waals surface area contributed by atoms with Crippen molar-refractivity contribution >= 4 is 29.4 Å². The third kappa shape index (κ3) is 4.35. The van der Waals surface area contributed by atoms with E-state index in [0.29, 0.717) is 5.69 Å². The molecule has 5 rings (SSSR count). The highest BCUT2D eigenvalue weighted by molar-refractivity contribution is 6.08. The lowest BCUT2D eigenvalue weighted by Gasteiger charge is -2.26. The molecule has 3 fully saturated rings. The normalized spacial score (nSPS) is 25.5. The standard InChI is InChI=1S/C28H30N2O5/c1-16-8-11-21(17(2)12-16)29-23(31)15-35-28(34)22(13-18-6-4-3-5-7-18)30-26(32)24-19-9-10-20(14-19)25(24)27(30)33/h3-8,11-12,19-20,22,24-25H,9-10,13-15H2,1-2H3,(H,29,31)/t19-,20-,22+,24-,25+/m0/s1. The minimum atomic E-state index is -1.09. The number of benzene rings is 2. The zero-order valence-electron chi connectivity index (χ0n) is 20.0. The van der Waals surface area contributed by atoms with Gasteiger partial charge in [-0.15, -0.1) is 0 Å². The molecule has 0 unspecified atom stereocenters. The highest BCUT2D eigenvalue weighted by Crippen LogP contribution is 2.56. The number of fused-ring (bicyclic) bond motifs is 5. The van der Waals surface area contributed by atoms with Gasteiger partial charge in [0, 0.05) is 12.1 Å². The molecular weight excluding hydrogens is 444 g/mol. The first-order valence-electron chi connectivity index (χ1n) is 12.3. The fraction of sp³-hybridized carbons (Fsp3) is 0.429. The summed E-state index contributed by atoms with van der Waals surface area (Å²) in [5.74, 6) is -1.92. The summed E-state index contributed by atoms with van der Waals surface area (Å²) in [7, 11) is 0. The van der Waals surface area contributed by atoms with E-state index in [4.69, 9.17) is 4.74 Å². The van der Waals surface area contributed by atoms with Crippen LogP contribution in [0.1, 0.15) is 36.0 Å². The minimum Gasteiger partial charge on any atom is -0.454 e. The number of nitrogens with zero attached hydrogens (tertiary/aromatic N) is 1. The van der Waals surface area contributed by atoms with Crippen molar-refractivity contribution in [1.29, 1.82) is 0 Å². The Morgan fingerprint density at radius 1 is 1.00 bits per heavy atom. The van der Waals surface area contributed by atoms with Gasteiger partial charge in [0.1, 0.15) is 6.04 Å². The number of ether oxygens (including phenoxy) is 1. The fourth-order valence-electron chi connectivity index (χ4n) is 6.23. The van der Waals surface area contributed by atoms with Crippen LogP contribution >= 0.6 is 0 Å². The summed E-state index contributed by atoms with van der Waals surface area (Å²) in [6.45, 7) is 3.36. The van der Waals surface area contributed by atoms with Crippen molar-refractivity contribution in [3.8, 4) is 0 Å². The number of amides is 3. The number of carbonyl (C=O) groups is 4. The Kier molecular flexibility index (Phi) is 6.17. The van der Waals surface area contributed by atoms with Crippen LogP contribution in [-0.2, 0) is 30.3 Å². The zero-order chi connectivity index (χ0) is 24.7. The molecule has 1 aliphatic heterocycles. The minimum absolute atomic E-state index is 0.157. The van der Waals surface area contributed by atoms with Crippen molar-refractivity contribution in [2.45, 2.75) is 45.6 Å². The number of hydrogen-bond donors (Lipinski definition) is 1. The quantitative estimate of drug-likeness (QED) is 0.490. The summed E-state index contributed by atoms with van der Waals surface area (Å²) in [4.78, 5) is 53.7. The smallest absolute Gasteiger partial charge is 0.330 e. The predicted octanol–water partition coefficient (Wildman–Crippen LogP) is 3.43. The van der Waals surface area contributed by atoms with E-state index in [1.54, 1.807) is 6.07 Å². The Morgan fingerprint density at radius 3 is 2.29 bits per heavy atom. The van der Waals surface area contributed by atoms with Gasteiger partial charge < -0.3 is 10.1 Å². The molecule has 3 amide bonds. The van der Waals surface area contributed by atoms with Crippen LogP contribution in [0.5, 0.6) is 0 Å². The van der Waals surface area contributed by atoms with Crippen LogP contribution in [0.3, 0.4) is 0 Å². The summed E-state index contributed by atoms with van der Waals surface area (Å²) in [6.07, 6.45) is 3.01. The third-order valence-corrected chi connectivity index (χ3v) is 7.82. The van der Waals surface area contributed by atoms with E-state index in [0.717, 1.165) is 40.9 Å². The molecule has 1 saturated heterocycles. The molecule has 2 aromatic rings. The molecule has 3 aliphatic rings. The lowest BCUT2D eigenvalue weighted by molar-refractivity contribution is -0.160. The van der Waals surface area contributed by atoms with E-state index < -0.39 is 24.5 Å². The Labute approximate surface area is 204 Å². The summed E-state index contributed by atoms with van der Waals surface area (Å²) >= 11 is 0. The summed E-state index contributed by atoms with van der Waals surface area (Å²) in [5, 5.41) is 2.76. The van der Waals surface area contributed by atoms with Crippen LogP contribution in [-0.4, -0.2) is 41.2 Å². The van der Waals surface area contributed by atoms with Gasteiger partial charge in [0.25, 0.3) is 5.91 Å². The molecule has 182 valence electrons. The first-order valence-corrected chi connectivity index (χ1v) is 12.3. The first-order chi connectivity index (χ1) is 16.8. The van der Waals surface area contributed by atoms with Gasteiger partial charge in [-0.25, -0.2) is 4.79 Å². The molecule has 2 saturated carbocycles. The van der Waals surface area contributed by atoms with Gasteiger partial charge in [0.05, 0.1) is 11.8 Å². The van der Waals surface area contributed by atoms with Crippen LogP contribution in [0.25, 0.3) is 0 Å². The van der Waals surface area contributed by atoms with E-state index in [9.17, 15) is 19.2 Å². The van der Waals surface area contributed by atoms with Crippen molar-refractivity contribution in [3.63, 3.8) is 0 Å². The van der Waals surface area contributed by atoms with Crippen LogP contribution in [0.15, 0.2) is 48.5 Å². The van der Waals surface area contributed by atoms with Crippen LogP contribution in [0, 0.1) is 37.5 Å². The molecule has 35 heavy (non-hydrogen) atoms. The van der Waals surface area contributed by atoms with Crippen molar-refractivity contribution < 1.29 is 23.9 Å². The van der Waals surface area contributed by atoms with Crippen molar-refractivity contribution in [2.24, 2.45) is 23.7 Å². The maximum atomic E-state index is 13.4. The van der Waals surface area contributed by atoms with Gasteiger partial charge in [-0.05, 0) is 62.1 Å². The Morgan fingerprint density at radius 2 is 1.66 bits per heavy atom. The van der Waals surface area contributed by atoms with Gasteiger partial charge in [0.2, 0.25) is 11.8 Å². The molecule has 1 heterocycles. The molecule has 7 heteroatoms. The largest absolute Gasteiger partial charge is 0.454 e. The van der Waals surface area contributed by atoms with Gasteiger partial charge in [-0.3, -0.25) is 19.3 Å². The number of imide groups is 1. The second-order valence-corrected chi connectivity index (χ2v) is 10.1. The topological polar surface area (TPSA) is 92.8 Å². The molecule has 5 atom stereocenters. The fourth-order valence-corrected chi connectivity index (χ4v) is 6.23.